The second-order valence-corrected chi connectivity index (χ2v) is 7.83. The van der Waals surface area contributed by atoms with Crippen LogP contribution in [0.1, 0.15) is 40.5 Å². The normalized spacial score (nSPS) is 18.0. The van der Waals surface area contributed by atoms with Crippen molar-refractivity contribution in [3.8, 4) is 0 Å². The quantitative estimate of drug-likeness (QED) is 0.452. The lowest BCUT2D eigenvalue weighted by Crippen LogP contribution is -2.51. The van der Waals surface area contributed by atoms with Crippen LogP contribution in [0.3, 0.4) is 0 Å². The summed E-state index contributed by atoms with van der Waals surface area (Å²) in [4.78, 5) is 4.76. The molecule has 0 fully saturated rings. The van der Waals surface area contributed by atoms with Crippen molar-refractivity contribution in [2.24, 2.45) is 5.41 Å². The van der Waals surface area contributed by atoms with Gasteiger partial charge in [0.05, 0.1) is 5.69 Å². The van der Waals surface area contributed by atoms with E-state index in [0.717, 1.165) is 29.7 Å². The maximum Gasteiger partial charge on any atom is 0.159 e. The van der Waals surface area contributed by atoms with E-state index >= 15 is 0 Å². The van der Waals surface area contributed by atoms with Crippen LogP contribution in [0, 0.1) is 5.41 Å². The molecular formula is C25H30N2O. The predicted octanol–water partition coefficient (Wildman–Crippen LogP) is 6.91. The van der Waals surface area contributed by atoms with Crippen LogP contribution in [0.2, 0.25) is 0 Å². The molecule has 3 aromatic rings. The van der Waals surface area contributed by atoms with Crippen LogP contribution in [0.4, 0.5) is 5.69 Å². The second-order valence-electron chi connectivity index (χ2n) is 7.83. The molecule has 28 heavy (non-hydrogen) atoms. The van der Waals surface area contributed by atoms with Crippen LogP contribution >= 0.6 is 0 Å². The monoisotopic (exact) mass is 374 g/mol. The average Bonchev–Trinajstić information content (AvgIpc) is 3.30. The number of para-hydroxylation sites is 2. The fourth-order valence-corrected chi connectivity index (χ4v) is 5.00. The van der Waals surface area contributed by atoms with Gasteiger partial charge in [-0.1, -0.05) is 55.8 Å². The van der Waals surface area contributed by atoms with Gasteiger partial charge in [-0.05, 0) is 38.8 Å². The van der Waals surface area contributed by atoms with Gasteiger partial charge in [-0.3, -0.25) is 0 Å². The Morgan fingerprint density at radius 3 is 2.46 bits per heavy atom. The van der Waals surface area contributed by atoms with Gasteiger partial charge in [-0.25, -0.2) is 0 Å². The average molecular weight is 375 g/mol. The Hall–Kier alpha value is -2.68. The first kappa shape index (κ1) is 18.7. The third-order valence-corrected chi connectivity index (χ3v) is 6.75. The van der Waals surface area contributed by atoms with E-state index in [9.17, 15) is 0 Å². The lowest BCUT2D eigenvalue weighted by molar-refractivity contribution is 0.156. The maximum atomic E-state index is 6.34. The third kappa shape index (κ3) is 2.56. The van der Waals surface area contributed by atoms with E-state index in [1.54, 1.807) is 0 Å². The molecule has 3 heteroatoms. The number of nitrogens with zero attached hydrogens (tertiary/aromatic N) is 2. The lowest BCUT2D eigenvalue weighted by atomic mass is 9.72. The molecule has 1 aliphatic heterocycles. The van der Waals surface area contributed by atoms with Gasteiger partial charge in [0.25, 0.3) is 0 Å². The number of rotatable bonds is 5. The van der Waals surface area contributed by atoms with Gasteiger partial charge >= 0.3 is 0 Å². The smallest absolute Gasteiger partial charge is 0.159 e. The van der Waals surface area contributed by atoms with Gasteiger partial charge in [0.15, 0.2) is 5.58 Å². The van der Waals surface area contributed by atoms with Crippen molar-refractivity contribution in [3.63, 3.8) is 0 Å². The van der Waals surface area contributed by atoms with E-state index in [4.69, 9.17) is 4.42 Å². The van der Waals surface area contributed by atoms with E-state index in [-0.39, 0.29) is 11.6 Å². The van der Waals surface area contributed by atoms with Gasteiger partial charge in [-0.15, -0.1) is 0 Å². The van der Waals surface area contributed by atoms with E-state index in [2.05, 4.69) is 99.4 Å². The summed E-state index contributed by atoms with van der Waals surface area (Å²) in [5.41, 5.74) is 4.56. The van der Waals surface area contributed by atoms with E-state index in [0.29, 0.717) is 0 Å². The number of anilines is 1. The Balaban J connectivity index is 1.92. The lowest BCUT2D eigenvalue weighted by Gasteiger charge is -2.46. The summed E-state index contributed by atoms with van der Waals surface area (Å²) in [5.74, 6) is 0. The summed E-state index contributed by atoms with van der Waals surface area (Å²) >= 11 is 0. The molecule has 0 spiro atoms. The number of hydrogen-bond acceptors (Lipinski definition) is 3. The van der Waals surface area contributed by atoms with E-state index in [1.165, 1.54) is 16.3 Å². The minimum absolute atomic E-state index is 0.0706. The minimum atomic E-state index is 0.0706. The summed E-state index contributed by atoms with van der Waals surface area (Å²) < 4.78 is 6.34. The maximum absolute atomic E-state index is 6.34. The Morgan fingerprint density at radius 2 is 1.75 bits per heavy atom. The van der Waals surface area contributed by atoms with Crippen LogP contribution in [0.5, 0.6) is 0 Å². The van der Waals surface area contributed by atoms with Crippen LogP contribution in [0.25, 0.3) is 21.9 Å². The largest absolute Gasteiger partial charge is 0.454 e. The first-order valence-electron chi connectivity index (χ1n) is 10.3. The molecule has 0 aliphatic carbocycles. The van der Waals surface area contributed by atoms with Crippen molar-refractivity contribution < 1.29 is 4.42 Å². The molecule has 2 aromatic carbocycles. The van der Waals surface area contributed by atoms with Gasteiger partial charge in [0, 0.05) is 35.6 Å². The SMILES string of the molecule is C/C=C(\C)C(CC)(CC)C1N(C)C=CN1c1cccc2c1oc1ccccc12. The molecule has 0 radical (unpaired) electrons. The molecule has 1 aromatic heterocycles. The number of benzene rings is 2. The summed E-state index contributed by atoms with van der Waals surface area (Å²) in [7, 11) is 2.18. The number of hydrogen-bond donors (Lipinski definition) is 0. The first-order chi connectivity index (χ1) is 13.6. The molecule has 1 aliphatic rings. The zero-order chi connectivity index (χ0) is 19.9. The highest BCUT2D eigenvalue weighted by Crippen LogP contribution is 2.47. The Morgan fingerprint density at radius 1 is 1.04 bits per heavy atom. The molecule has 1 atom stereocenters. The highest BCUT2D eigenvalue weighted by molar-refractivity contribution is 6.09. The van der Waals surface area contributed by atoms with Crippen molar-refractivity contribution in [2.45, 2.75) is 46.7 Å². The van der Waals surface area contributed by atoms with Crippen molar-refractivity contribution in [2.75, 3.05) is 11.9 Å². The summed E-state index contributed by atoms with van der Waals surface area (Å²) in [6.07, 6.45) is 9.06. The number of allylic oxidation sites excluding steroid dienone is 1. The third-order valence-electron chi connectivity index (χ3n) is 6.75. The molecule has 0 saturated heterocycles. The Kier molecular flexibility index (Phi) is 4.70. The van der Waals surface area contributed by atoms with Crippen molar-refractivity contribution in [1.29, 1.82) is 0 Å². The van der Waals surface area contributed by atoms with Crippen LogP contribution in [-0.4, -0.2) is 18.1 Å². The summed E-state index contributed by atoms with van der Waals surface area (Å²) in [6, 6.07) is 14.8. The summed E-state index contributed by atoms with van der Waals surface area (Å²) in [5, 5.41) is 2.35. The molecule has 0 amide bonds. The highest BCUT2D eigenvalue weighted by atomic mass is 16.3. The molecule has 0 bridgehead atoms. The van der Waals surface area contributed by atoms with Crippen LogP contribution in [-0.2, 0) is 0 Å². The van der Waals surface area contributed by atoms with Gasteiger partial charge in [0.2, 0.25) is 0 Å². The topological polar surface area (TPSA) is 19.6 Å². The molecule has 3 nitrogen and oxygen atoms in total. The Bertz CT molecular complexity index is 1050. The molecule has 4 rings (SSSR count). The first-order valence-corrected chi connectivity index (χ1v) is 10.3. The zero-order valence-corrected chi connectivity index (χ0v) is 17.6. The number of fused-ring (bicyclic) bond motifs is 3. The fraction of sp³-hybridized carbons (Fsp3) is 0.360. The predicted molar refractivity (Wildman–Crippen MR) is 119 cm³/mol. The number of furan rings is 1. The highest BCUT2D eigenvalue weighted by Gasteiger charge is 2.44. The van der Waals surface area contributed by atoms with E-state index < -0.39 is 0 Å². The van der Waals surface area contributed by atoms with Gasteiger partial charge in [-0.2, -0.15) is 0 Å². The Labute approximate surface area is 167 Å². The van der Waals surface area contributed by atoms with Gasteiger partial charge < -0.3 is 14.2 Å². The van der Waals surface area contributed by atoms with Crippen molar-refractivity contribution in [3.05, 3.63) is 66.5 Å². The van der Waals surface area contributed by atoms with Crippen LogP contribution in [0.15, 0.2) is 70.9 Å². The molecular weight excluding hydrogens is 344 g/mol. The fourth-order valence-electron chi connectivity index (χ4n) is 5.00. The van der Waals surface area contributed by atoms with Gasteiger partial charge in [0.1, 0.15) is 11.7 Å². The van der Waals surface area contributed by atoms with Crippen molar-refractivity contribution >= 4 is 27.6 Å². The van der Waals surface area contributed by atoms with Crippen LogP contribution < -0.4 is 4.90 Å². The molecule has 2 heterocycles. The van der Waals surface area contributed by atoms with E-state index in [1.807, 2.05) is 6.07 Å². The molecule has 0 N–H and O–H groups in total. The molecule has 1 unspecified atom stereocenters. The molecule has 146 valence electrons. The zero-order valence-electron chi connectivity index (χ0n) is 17.6. The minimum Gasteiger partial charge on any atom is -0.454 e. The van der Waals surface area contributed by atoms with Crippen molar-refractivity contribution in [1.82, 2.24) is 4.90 Å². The summed E-state index contributed by atoms with van der Waals surface area (Å²) in [6.45, 7) is 9.05. The standard InChI is InChI=1S/C25H30N2O/c1-6-18(4)25(7-2,8-3)24-26(5)16-17-27(24)21-14-11-13-20-19-12-9-10-15-22(19)28-23(20)21/h6,9-17,24H,7-8H2,1-5H3/b18-6+. The molecule has 0 saturated carbocycles. The second kappa shape index (κ2) is 7.05.